The van der Waals surface area contributed by atoms with Gasteiger partial charge in [-0.1, -0.05) is 13.8 Å². The molecule has 2 saturated heterocycles. The standard InChI is InChI=1S/C19H36N6O2.HI/c1-16(2)18(27)21-7-8-22-19(20-3)25-13-11-23(12-14-25)15-17(26)24-9-5-4-6-10-24;/h16H,4-15H2,1-3H3,(H,20,22)(H,21,27);1H. The second-order valence-electron chi connectivity index (χ2n) is 7.62. The molecule has 0 aromatic heterocycles. The number of rotatable bonds is 6. The van der Waals surface area contributed by atoms with Crippen LogP contribution in [0.1, 0.15) is 33.1 Å². The van der Waals surface area contributed by atoms with E-state index in [1.54, 1.807) is 7.05 Å². The molecule has 0 aromatic rings. The minimum atomic E-state index is 0. The lowest BCUT2D eigenvalue weighted by Crippen LogP contribution is -2.55. The summed E-state index contributed by atoms with van der Waals surface area (Å²) in [4.78, 5) is 34.8. The molecule has 2 amide bonds. The van der Waals surface area contributed by atoms with Crippen molar-refractivity contribution < 1.29 is 9.59 Å². The van der Waals surface area contributed by atoms with Crippen molar-refractivity contribution in [1.29, 1.82) is 0 Å². The number of piperidine rings is 1. The van der Waals surface area contributed by atoms with Crippen LogP contribution in [0.2, 0.25) is 0 Å². The Morgan fingerprint density at radius 2 is 1.50 bits per heavy atom. The maximum absolute atomic E-state index is 12.4. The van der Waals surface area contributed by atoms with Crippen LogP contribution in [0.4, 0.5) is 0 Å². The second-order valence-corrected chi connectivity index (χ2v) is 7.62. The van der Waals surface area contributed by atoms with E-state index in [0.717, 1.165) is 58.1 Å². The first kappa shape index (κ1) is 24.9. The molecule has 0 saturated carbocycles. The summed E-state index contributed by atoms with van der Waals surface area (Å²) in [5, 5.41) is 6.21. The molecule has 28 heavy (non-hydrogen) atoms. The fraction of sp³-hybridized carbons (Fsp3) is 0.842. The number of nitrogens with zero attached hydrogens (tertiary/aromatic N) is 4. The Labute approximate surface area is 186 Å². The van der Waals surface area contributed by atoms with Gasteiger partial charge < -0.3 is 20.4 Å². The van der Waals surface area contributed by atoms with Gasteiger partial charge in [0.25, 0.3) is 0 Å². The van der Waals surface area contributed by atoms with Crippen LogP contribution in [0.15, 0.2) is 4.99 Å². The fourth-order valence-corrected chi connectivity index (χ4v) is 3.45. The van der Waals surface area contributed by atoms with Crippen molar-refractivity contribution in [2.24, 2.45) is 10.9 Å². The van der Waals surface area contributed by atoms with Crippen molar-refractivity contribution in [1.82, 2.24) is 25.3 Å². The molecule has 2 fully saturated rings. The Hall–Kier alpha value is -1.10. The molecular weight excluding hydrogens is 471 g/mol. The van der Waals surface area contributed by atoms with Crippen molar-refractivity contribution in [2.75, 3.05) is 66.0 Å². The molecule has 0 aliphatic carbocycles. The summed E-state index contributed by atoms with van der Waals surface area (Å²) in [6.45, 7) is 10.8. The van der Waals surface area contributed by atoms with E-state index in [4.69, 9.17) is 0 Å². The summed E-state index contributed by atoms with van der Waals surface area (Å²) >= 11 is 0. The highest BCUT2D eigenvalue weighted by Gasteiger charge is 2.23. The summed E-state index contributed by atoms with van der Waals surface area (Å²) in [5.74, 6) is 1.20. The molecule has 2 N–H and O–H groups in total. The predicted molar refractivity (Wildman–Crippen MR) is 123 cm³/mol. The van der Waals surface area contributed by atoms with E-state index in [1.807, 2.05) is 18.7 Å². The van der Waals surface area contributed by atoms with Gasteiger partial charge in [-0.15, -0.1) is 24.0 Å². The van der Waals surface area contributed by atoms with Gasteiger partial charge in [-0.05, 0) is 19.3 Å². The lowest BCUT2D eigenvalue weighted by Gasteiger charge is -2.37. The van der Waals surface area contributed by atoms with Crippen LogP contribution in [0, 0.1) is 5.92 Å². The molecule has 0 atom stereocenters. The Morgan fingerprint density at radius 1 is 0.893 bits per heavy atom. The van der Waals surface area contributed by atoms with E-state index in [-0.39, 0.29) is 41.7 Å². The molecule has 0 radical (unpaired) electrons. The first-order valence-electron chi connectivity index (χ1n) is 10.2. The summed E-state index contributed by atoms with van der Waals surface area (Å²) in [7, 11) is 1.78. The molecule has 0 bridgehead atoms. The fourth-order valence-electron chi connectivity index (χ4n) is 3.45. The Morgan fingerprint density at radius 3 is 2.07 bits per heavy atom. The first-order chi connectivity index (χ1) is 13.0. The first-order valence-corrected chi connectivity index (χ1v) is 10.2. The highest BCUT2D eigenvalue weighted by molar-refractivity contribution is 14.0. The van der Waals surface area contributed by atoms with Crippen molar-refractivity contribution in [3.8, 4) is 0 Å². The molecule has 162 valence electrons. The third-order valence-corrected chi connectivity index (χ3v) is 5.18. The van der Waals surface area contributed by atoms with E-state index in [9.17, 15) is 9.59 Å². The number of likely N-dealkylation sites (tertiary alicyclic amines) is 1. The van der Waals surface area contributed by atoms with Crippen molar-refractivity contribution in [3.05, 3.63) is 0 Å². The van der Waals surface area contributed by atoms with Crippen LogP contribution >= 0.6 is 24.0 Å². The van der Waals surface area contributed by atoms with E-state index < -0.39 is 0 Å². The number of nitrogens with one attached hydrogen (secondary N) is 2. The van der Waals surface area contributed by atoms with Crippen LogP contribution in [0.25, 0.3) is 0 Å². The molecule has 2 heterocycles. The van der Waals surface area contributed by atoms with Crippen LogP contribution in [-0.4, -0.2) is 98.4 Å². The zero-order valence-electron chi connectivity index (χ0n) is 17.6. The lowest BCUT2D eigenvalue weighted by atomic mass is 10.1. The zero-order valence-corrected chi connectivity index (χ0v) is 19.9. The van der Waals surface area contributed by atoms with E-state index in [1.165, 1.54) is 6.42 Å². The van der Waals surface area contributed by atoms with Gasteiger partial charge in [-0.3, -0.25) is 19.5 Å². The minimum Gasteiger partial charge on any atom is -0.354 e. The Bertz CT molecular complexity index is 515. The normalized spacial score (nSPS) is 18.6. The quantitative estimate of drug-likeness (QED) is 0.238. The Kier molecular flexibility index (Phi) is 11.7. The van der Waals surface area contributed by atoms with Crippen LogP contribution < -0.4 is 10.6 Å². The molecule has 2 aliphatic rings. The van der Waals surface area contributed by atoms with E-state index in [0.29, 0.717) is 19.6 Å². The largest absolute Gasteiger partial charge is 0.354 e. The topological polar surface area (TPSA) is 80.3 Å². The van der Waals surface area contributed by atoms with Gasteiger partial charge in [0, 0.05) is 65.3 Å². The van der Waals surface area contributed by atoms with E-state index >= 15 is 0 Å². The molecule has 0 unspecified atom stereocenters. The summed E-state index contributed by atoms with van der Waals surface area (Å²) in [6, 6.07) is 0. The predicted octanol–water partition coefficient (Wildman–Crippen LogP) is 0.582. The van der Waals surface area contributed by atoms with Gasteiger partial charge in [0.2, 0.25) is 11.8 Å². The average molecular weight is 508 g/mol. The number of carbonyl (C=O) groups is 2. The smallest absolute Gasteiger partial charge is 0.236 e. The van der Waals surface area contributed by atoms with Crippen molar-refractivity contribution >= 4 is 41.8 Å². The van der Waals surface area contributed by atoms with E-state index in [2.05, 4.69) is 25.4 Å². The lowest BCUT2D eigenvalue weighted by molar-refractivity contribution is -0.133. The van der Waals surface area contributed by atoms with Gasteiger partial charge in [0.05, 0.1) is 6.54 Å². The van der Waals surface area contributed by atoms with Crippen LogP contribution in [-0.2, 0) is 9.59 Å². The minimum absolute atomic E-state index is 0. The van der Waals surface area contributed by atoms with Gasteiger partial charge in [-0.2, -0.15) is 0 Å². The third-order valence-electron chi connectivity index (χ3n) is 5.18. The second kappa shape index (κ2) is 13.2. The summed E-state index contributed by atoms with van der Waals surface area (Å²) in [5.41, 5.74) is 0. The zero-order chi connectivity index (χ0) is 19.6. The summed E-state index contributed by atoms with van der Waals surface area (Å²) < 4.78 is 0. The molecule has 2 rings (SSSR count). The number of aliphatic imine (C=N–C) groups is 1. The molecule has 9 heteroatoms. The van der Waals surface area contributed by atoms with Gasteiger partial charge in [0.15, 0.2) is 5.96 Å². The van der Waals surface area contributed by atoms with Crippen molar-refractivity contribution in [3.63, 3.8) is 0 Å². The molecular formula is C19H37IN6O2. The summed E-state index contributed by atoms with van der Waals surface area (Å²) in [6.07, 6.45) is 3.52. The molecule has 8 nitrogen and oxygen atoms in total. The molecule has 2 aliphatic heterocycles. The molecule has 0 spiro atoms. The van der Waals surface area contributed by atoms with Crippen LogP contribution in [0.5, 0.6) is 0 Å². The SMILES string of the molecule is CN=C(NCCNC(=O)C(C)C)N1CCN(CC(=O)N2CCCCC2)CC1.I. The highest BCUT2D eigenvalue weighted by Crippen LogP contribution is 2.10. The van der Waals surface area contributed by atoms with Gasteiger partial charge >= 0.3 is 0 Å². The number of piperazine rings is 1. The third kappa shape index (κ3) is 8.10. The molecule has 0 aromatic carbocycles. The number of amides is 2. The van der Waals surface area contributed by atoms with Gasteiger partial charge in [-0.25, -0.2) is 0 Å². The van der Waals surface area contributed by atoms with Crippen LogP contribution in [0.3, 0.4) is 0 Å². The Balaban J connectivity index is 0.00000392. The maximum atomic E-state index is 12.4. The number of carbonyl (C=O) groups excluding carboxylic acids is 2. The number of hydrogen-bond donors (Lipinski definition) is 2. The monoisotopic (exact) mass is 508 g/mol. The van der Waals surface area contributed by atoms with Crippen molar-refractivity contribution in [2.45, 2.75) is 33.1 Å². The number of hydrogen-bond acceptors (Lipinski definition) is 4. The highest BCUT2D eigenvalue weighted by atomic mass is 127. The van der Waals surface area contributed by atoms with Gasteiger partial charge in [0.1, 0.15) is 0 Å². The maximum Gasteiger partial charge on any atom is 0.236 e. The number of halogens is 1. The average Bonchev–Trinajstić information content (AvgIpc) is 2.69. The number of guanidine groups is 1.